The maximum absolute atomic E-state index is 4.78. The highest BCUT2D eigenvalue weighted by Gasteiger charge is 2.08. The first-order valence-corrected chi connectivity index (χ1v) is 8.85. The van der Waals surface area contributed by atoms with Gasteiger partial charge < -0.3 is 5.32 Å². The van der Waals surface area contributed by atoms with E-state index in [1.807, 2.05) is 57.2 Å². The largest absolute Gasteiger partial charge is 0.335 e. The maximum Gasteiger partial charge on any atom is 0.130 e. The Morgan fingerprint density at radius 1 is 1.24 bits per heavy atom. The summed E-state index contributed by atoms with van der Waals surface area (Å²) in [4.78, 5) is 9.09. The number of hydrogen-bond acceptors (Lipinski definition) is 4. The smallest absolute Gasteiger partial charge is 0.130 e. The molecule has 0 atom stereocenters. The number of rotatable bonds is 7. The molecule has 1 N–H and O–H groups in total. The summed E-state index contributed by atoms with van der Waals surface area (Å²) < 4.78 is 0. The quantitative estimate of drug-likeness (QED) is 0.498. The molecular weight excluding hydrogens is 326 g/mol. The zero-order chi connectivity index (χ0) is 18.2. The Morgan fingerprint density at radius 2 is 2.04 bits per heavy atom. The van der Waals surface area contributed by atoms with E-state index in [1.54, 1.807) is 12.3 Å². The normalized spacial score (nSPS) is 11.6. The van der Waals surface area contributed by atoms with Crippen molar-refractivity contribution in [1.82, 2.24) is 9.97 Å². The summed E-state index contributed by atoms with van der Waals surface area (Å²) in [5, 5.41) is 4.93. The SMILES string of the molecule is C=C/C=C(\C=C/C)c1ccc(C)c(SC(=C)Nc2cc(C)ccn2)n1. The number of nitrogens with zero attached hydrogens (tertiary/aromatic N) is 2. The van der Waals surface area contributed by atoms with Crippen LogP contribution < -0.4 is 5.32 Å². The van der Waals surface area contributed by atoms with Gasteiger partial charge in [-0.15, -0.1) is 0 Å². The van der Waals surface area contributed by atoms with E-state index in [2.05, 4.69) is 29.5 Å². The molecule has 0 saturated heterocycles. The zero-order valence-corrected chi connectivity index (χ0v) is 15.7. The van der Waals surface area contributed by atoms with E-state index in [-0.39, 0.29) is 0 Å². The molecule has 4 heteroatoms. The summed E-state index contributed by atoms with van der Waals surface area (Å²) in [5.41, 5.74) is 4.19. The van der Waals surface area contributed by atoms with Gasteiger partial charge in [0.05, 0.1) is 10.7 Å². The van der Waals surface area contributed by atoms with Gasteiger partial charge in [0.15, 0.2) is 0 Å². The topological polar surface area (TPSA) is 37.8 Å². The van der Waals surface area contributed by atoms with Crippen molar-refractivity contribution in [3.63, 3.8) is 0 Å². The molecule has 0 aromatic carbocycles. The van der Waals surface area contributed by atoms with E-state index in [0.717, 1.165) is 38.3 Å². The molecule has 0 amide bonds. The fourth-order valence-electron chi connectivity index (χ4n) is 2.20. The van der Waals surface area contributed by atoms with E-state index >= 15 is 0 Å². The molecule has 0 spiro atoms. The number of hydrogen-bond donors (Lipinski definition) is 1. The van der Waals surface area contributed by atoms with Gasteiger partial charge in [-0.3, -0.25) is 0 Å². The van der Waals surface area contributed by atoms with Gasteiger partial charge in [0, 0.05) is 6.20 Å². The molecule has 2 aromatic rings. The van der Waals surface area contributed by atoms with Crippen molar-refractivity contribution < 1.29 is 0 Å². The van der Waals surface area contributed by atoms with Crippen molar-refractivity contribution in [2.24, 2.45) is 0 Å². The van der Waals surface area contributed by atoms with Crippen LogP contribution in [0.3, 0.4) is 0 Å². The Kier molecular flexibility index (Phi) is 6.78. The summed E-state index contributed by atoms with van der Waals surface area (Å²) in [7, 11) is 0. The second-order valence-electron chi connectivity index (χ2n) is 5.54. The Hall–Kier alpha value is -2.59. The summed E-state index contributed by atoms with van der Waals surface area (Å²) >= 11 is 1.50. The van der Waals surface area contributed by atoms with Crippen molar-refractivity contribution in [3.8, 4) is 0 Å². The Morgan fingerprint density at radius 3 is 2.72 bits per heavy atom. The van der Waals surface area contributed by atoms with Gasteiger partial charge in [-0.1, -0.05) is 55.3 Å². The van der Waals surface area contributed by atoms with Crippen LogP contribution in [0.5, 0.6) is 0 Å². The molecule has 3 nitrogen and oxygen atoms in total. The van der Waals surface area contributed by atoms with E-state index in [1.165, 1.54) is 11.8 Å². The second kappa shape index (κ2) is 9.04. The van der Waals surface area contributed by atoms with E-state index in [4.69, 9.17) is 4.98 Å². The number of nitrogens with one attached hydrogen (secondary N) is 1. The Labute approximate surface area is 154 Å². The molecule has 0 aliphatic rings. The third kappa shape index (κ3) is 5.47. The molecular formula is C21H23N3S. The average molecular weight is 350 g/mol. The van der Waals surface area contributed by atoms with Gasteiger partial charge >= 0.3 is 0 Å². The van der Waals surface area contributed by atoms with Crippen LogP contribution >= 0.6 is 11.8 Å². The minimum Gasteiger partial charge on any atom is -0.335 e. The van der Waals surface area contributed by atoms with Crippen LogP contribution in [-0.2, 0) is 0 Å². The van der Waals surface area contributed by atoms with Crippen molar-refractivity contribution in [1.29, 1.82) is 0 Å². The molecule has 128 valence electrons. The van der Waals surface area contributed by atoms with Crippen LogP contribution in [-0.4, -0.2) is 9.97 Å². The van der Waals surface area contributed by atoms with E-state index in [0.29, 0.717) is 0 Å². The third-order valence-corrected chi connectivity index (χ3v) is 4.35. The Balaban J connectivity index is 2.21. The number of aryl methyl sites for hydroxylation is 2. The van der Waals surface area contributed by atoms with Crippen LogP contribution in [0, 0.1) is 13.8 Å². The number of allylic oxidation sites excluding steroid dienone is 5. The molecule has 0 unspecified atom stereocenters. The maximum atomic E-state index is 4.78. The highest BCUT2D eigenvalue weighted by atomic mass is 32.2. The van der Waals surface area contributed by atoms with Gasteiger partial charge in [0.2, 0.25) is 0 Å². The van der Waals surface area contributed by atoms with Crippen molar-refractivity contribution >= 4 is 23.2 Å². The van der Waals surface area contributed by atoms with Crippen molar-refractivity contribution in [2.45, 2.75) is 25.8 Å². The summed E-state index contributed by atoms with van der Waals surface area (Å²) in [6.45, 7) is 13.9. The van der Waals surface area contributed by atoms with E-state index in [9.17, 15) is 0 Å². The standard InChI is InChI=1S/C21H23N3S/c1-6-8-18(9-7-2)19-11-10-16(4)21(24-19)25-17(5)23-20-14-15(3)12-13-22-20/h6-14H,1,5H2,2-4H3,(H,22,23)/b9-7-,18-8+. The molecule has 0 bridgehead atoms. The lowest BCUT2D eigenvalue weighted by Crippen LogP contribution is -1.99. The molecule has 25 heavy (non-hydrogen) atoms. The summed E-state index contributed by atoms with van der Waals surface area (Å²) in [5.74, 6) is 0.785. The molecule has 0 saturated carbocycles. The monoisotopic (exact) mass is 349 g/mol. The molecule has 2 aromatic heterocycles. The highest BCUT2D eigenvalue weighted by molar-refractivity contribution is 8.03. The fourth-order valence-corrected chi connectivity index (χ4v) is 2.96. The van der Waals surface area contributed by atoms with Gasteiger partial charge in [-0.05, 0) is 55.7 Å². The molecule has 0 fully saturated rings. The summed E-state index contributed by atoms with van der Waals surface area (Å²) in [6, 6.07) is 8.04. The van der Waals surface area contributed by atoms with Gasteiger partial charge in [0.25, 0.3) is 0 Å². The molecule has 0 aliphatic heterocycles. The lowest BCUT2D eigenvalue weighted by molar-refractivity contribution is 1.06. The average Bonchev–Trinajstić information content (AvgIpc) is 2.56. The minimum atomic E-state index is 0.783. The number of aromatic nitrogens is 2. The fraction of sp³-hybridized carbons (Fsp3) is 0.143. The lowest BCUT2D eigenvalue weighted by atomic mass is 10.1. The number of thioether (sulfide) groups is 1. The van der Waals surface area contributed by atoms with Crippen LogP contribution in [0.25, 0.3) is 5.57 Å². The number of pyridine rings is 2. The first-order valence-electron chi connectivity index (χ1n) is 8.03. The third-order valence-electron chi connectivity index (χ3n) is 3.39. The Bertz CT molecular complexity index is 835. The van der Waals surface area contributed by atoms with Gasteiger partial charge in [-0.25, -0.2) is 9.97 Å². The molecule has 2 heterocycles. The van der Waals surface area contributed by atoms with Crippen molar-refractivity contribution in [3.05, 3.63) is 89.8 Å². The van der Waals surface area contributed by atoms with Gasteiger partial charge in [0.1, 0.15) is 10.8 Å². The minimum absolute atomic E-state index is 0.783. The van der Waals surface area contributed by atoms with Crippen molar-refractivity contribution in [2.75, 3.05) is 5.32 Å². The second-order valence-corrected chi connectivity index (χ2v) is 6.63. The molecule has 2 rings (SSSR count). The number of anilines is 1. The predicted octanol–water partition coefficient (Wildman–Crippen LogP) is 5.91. The van der Waals surface area contributed by atoms with Gasteiger partial charge in [-0.2, -0.15) is 0 Å². The first-order chi connectivity index (χ1) is 12.0. The first kappa shape index (κ1) is 18.7. The van der Waals surface area contributed by atoms with E-state index < -0.39 is 0 Å². The molecule has 0 radical (unpaired) electrons. The predicted molar refractivity (Wildman–Crippen MR) is 110 cm³/mol. The summed E-state index contributed by atoms with van der Waals surface area (Å²) in [6.07, 6.45) is 9.53. The lowest BCUT2D eigenvalue weighted by Gasteiger charge is -2.11. The highest BCUT2D eigenvalue weighted by Crippen LogP contribution is 2.29. The van der Waals surface area contributed by atoms with Crippen LogP contribution in [0.2, 0.25) is 0 Å². The van der Waals surface area contributed by atoms with Crippen LogP contribution in [0.15, 0.2) is 78.0 Å². The van der Waals surface area contributed by atoms with Crippen LogP contribution in [0.1, 0.15) is 23.7 Å². The zero-order valence-electron chi connectivity index (χ0n) is 14.9. The van der Waals surface area contributed by atoms with Crippen LogP contribution in [0.4, 0.5) is 5.82 Å². The molecule has 0 aliphatic carbocycles.